The first-order chi connectivity index (χ1) is 12.0. The monoisotopic (exact) mass is 410 g/mol. The van der Waals surface area contributed by atoms with Gasteiger partial charge in [-0.1, -0.05) is 41.0 Å². The number of aromatic nitrogens is 2. The van der Waals surface area contributed by atoms with Crippen molar-refractivity contribution in [2.75, 3.05) is 0 Å². The van der Waals surface area contributed by atoms with Crippen LogP contribution in [0.3, 0.4) is 0 Å². The van der Waals surface area contributed by atoms with Crippen molar-refractivity contribution in [3.05, 3.63) is 54.6 Å². The van der Waals surface area contributed by atoms with Gasteiger partial charge in [0.05, 0.1) is 5.39 Å². The fraction of sp³-hybridized carbons (Fsp3) is 0.333. The summed E-state index contributed by atoms with van der Waals surface area (Å²) < 4.78 is 1.67. The maximum Gasteiger partial charge on any atom is 0.262 e. The van der Waals surface area contributed by atoms with Crippen LogP contribution in [-0.2, 0) is 25.6 Å². The number of hydrogen-bond acceptors (Lipinski definition) is 4. The van der Waals surface area contributed by atoms with Crippen LogP contribution in [0.2, 0.25) is 10.0 Å². The number of nitrogens with zero attached hydrogens (tertiary/aromatic N) is 2. The fourth-order valence-electron chi connectivity index (χ4n) is 3.18. The molecule has 0 saturated heterocycles. The third-order valence-corrected chi connectivity index (χ3v) is 7.38. The van der Waals surface area contributed by atoms with Crippen LogP contribution in [0.5, 0.6) is 0 Å². The van der Waals surface area contributed by atoms with E-state index >= 15 is 0 Å². The van der Waals surface area contributed by atoms with E-state index in [0.717, 1.165) is 40.2 Å². The lowest BCUT2D eigenvalue weighted by Gasteiger charge is -2.11. The molecule has 3 aromatic rings. The SMILES string of the molecule is Cn1c(SCc2ccc(Cl)cc2Cl)nc2sc3c(c2c1=O)CCCC3. The molecule has 0 amide bonds. The second-order valence-electron chi connectivity index (χ2n) is 6.17. The van der Waals surface area contributed by atoms with E-state index in [1.54, 1.807) is 29.0 Å². The summed E-state index contributed by atoms with van der Waals surface area (Å²) in [5, 5.41) is 2.81. The van der Waals surface area contributed by atoms with Crippen LogP contribution < -0.4 is 5.56 Å². The number of benzene rings is 1. The highest BCUT2D eigenvalue weighted by atomic mass is 35.5. The Hall–Kier alpha value is -1.01. The van der Waals surface area contributed by atoms with Crippen LogP contribution in [0.25, 0.3) is 10.2 Å². The van der Waals surface area contributed by atoms with Gasteiger partial charge in [0.2, 0.25) is 0 Å². The van der Waals surface area contributed by atoms with Gasteiger partial charge in [0.15, 0.2) is 5.16 Å². The van der Waals surface area contributed by atoms with Crippen molar-refractivity contribution in [2.24, 2.45) is 7.05 Å². The second-order valence-corrected chi connectivity index (χ2v) is 9.04. The summed E-state index contributed by atoms with van der Waals surface area (Å²) in [6.45, 7) is 0. The Balaban J connectivity index is 1.70. The van der Waals surface area contributed by atoms with Gasteiger partial charge in [0, 0.05) is 27.7 Å². The Kier molecular flexibility index (Phi) is 4.84. The zero-order chi connectivity index (χ0) is 17.6. The quantitative estimate of drug-likeness (QED) is 0.423. The van der Waals surface area contributed by atoms with Gasteiger partial charge >= 0.3 is 0 Å². The lowest BCUT2D eigenvalue weighted by molar-refractivity contribution is 0.695. The predicted molar refractivity (Wildman–Crippen MR) is 108 cm³/mol. The Bertz CT molecular complexity index is 1030. The minimum absolute atomic E-state index is 0.0640. The predicted octanol–water partition coefficient (Wildman–Crippen LogP) is 5.47. The molecule has 2 heterocycles. The molecule has 1 aliphatic carbocycles. The van der Waals surface area contributed by atoms with Gasteiger partial charge in [-0.15, -0.1) is 11.3 Å². The Morgan fingerprint density at radius 1 is 1.28 bits per heavy atom. The molecule has 0 radical (unpaired) electrons. The molecule has 0 saturated carbocycles. The van der Waals surface area contributed by atoms with E-state index in [0.29, 0.717) is 15.8 Å². The highest BCUT2D eigenvalue weighted by molar-refractivity contribution is 7.98. The standard InChI is InChI=1S/C18H16Cl2N2OS2/c1-22-17(23)15-12-4-2-3-5-14(12)25-16(15)21-18(22)24-9-10-6-7-11(19)8-13(10)20/h6-8H,2-5,9H2,1H3. The molecule has 3 nitrogen and oxygen atoms in total. The summed E-state index contributed by atoms with van der Waals surface area (Å²) in [7, 11) is 1.80. The first-order valence-electron chi connectivity index (χ1n) is 8.12. The Morgan fingerprint density at radius 3 is 2.88 bits per heavy atom. The second kappa shape index (κ2) is 6.95. The maximum atomic E-state index is 12.9. The Labute approximate surface area is 164 Å². The highest BCUT2D eigenvalue weighted by Crippen LogP contribution is 2.35. The van der Waals surface area contributed by atoms with Crippen LogP contribution in [0.4, 0.5) is 0 Å². The number of halogens is 2. The van der Waals surface area contributed by atoms with Crippen molar-refractivity contribution < 1.29 is 0 Å². The molecule has 0 bridgehead atoms. The highest BCUT2D eigenvalue weighted by Gasteiger charge is 2.21. The van der Waals surface area contributed by atoms with E-state index < -0.39 is 0 Å². The molecule has 0 aliphatic heterocycles. The third-order valence-electron chi connectivity index (χ3n) is 4.53. The van der Waals surface area contributed by atoms with Gasteiger partial charge in [-0.2, -0.15) is 0 Å². The van der Waals surface area contributed by atoms with Crippen molar-refractivity contribution in [2.45, 2.75) is 36.6 Å². The summed E-state index contributed by atoms with van der Waals surface area (Å²) in [5.41, 5.74) is 2.28. The summed E-state index contributed by atoms with van der Waals surface area (Å²) in [4.78, 5) is 19.9. The molecule has 0 spiro atoms. The number of aryl methyl sites for hydroxylation is 2. The fourth-order valence-corrected chi connectivity index (χ4v) is 6.01. The van der Waals surface area contributed by atoms with Gasteiger partial charge in [-0.25, -0.2) is 4.98 Å². The van der Waals surface area contributed by atoms with Crippen LogP contribution in [-0.4, -0.2) is 9.55 Å². The first kappa shape index (κ1) is 17.4. The van der Waals surface area contributed by atoms with Crippen LogP contribution in [0.15, 0.2) is 28.2 Å². The van der Waals surface area contributed by atoms with E-state index in [1.165, 1.54) is 28.6 Å². The van der Waals surface area contributed by atoms with Crippen LogP contribution in [0, 0.1) is 0 Å². The van der Waals surface area contributed by atoms with Crippen molar-refractivity contribution in [3.63, 3.8) is 0 Å². The maximum absolute atomic E-state index is 12.9. The molecule has 0 atom stereocenters. The average Bonchev–Trinajstić information content (AvgIpc) is 2.96. The van der Waals surface area contributed by atoms with Gasteiger partial charge in [-0.05, 0) is 48.9 Å². The Morgan fingerprint density at radius 2 is 2.08 bits per heavy atom. The van der Waals surface area contributed by atoms with E-state index in [2.05, 4.69) is 0 Å². The molecule has 4 rings (SSSR count). The third kappa shape index (κ3) is 3.23. The summed E-state index contributed by atoms with van der Waals surface area (Å²) in [5.74, 6) is 0.646. The number of thioether (sulfide) groups is 1. The molecule has 0 fully saturated rings. The molecule has 7 heteroatoms. The zero-order valence-electron chi connectivity index (χ0n) is 13.6. The molecular weight excluding hydrogens is 395 g/mol. The van der Waals surface area contributed by atoms with Gasteiger partial charge in [0.1, 0.15) is 4.83 Å². The van der Waals surface area contributed by atoms with Crippen LogP contribution >= 0.6 is 46.3 Å². The molecule has 1 aromatic carbocycles. The number of fused-ring (bicyclic) bond motifs is 3. The first-order valence-corrected chi connectivity index (χ1v) is 10.7. The summed E-state index contributed by atoms with van der Waals surface area (Å²) in [6.07, 6.45) is 4.44. The number of rotatable bonds is 3. The zero-order valence-corrected chi connectivity index (χ0v) is 16.8. The lowest BCUT2D eigenvalue weighted by atomic mass is 9.97. The minimum Gasteiger partial charge on any atom is -0.290 e. The average molecular weight is 411 g/mol. The lowest BCUT2D eigenvalue weighted by Crippen LogP contribution is -2.20. The van der Waals surface area contributed by atoms with Crippen molar-refractivity contribution >= 4 is 56.5 Å². The van der Waals surface area contributed by atoms with Crippen LogP contribution in [0.1, 0.15) is 28.8 Å². The van der Waals surface area contributed by atoms with E-state index in [-0.39, 0.29) is 5.56 Å². The normalized spacial score (nSPS) is 14.0. The van der Waals surface area contributed by atoms with E-state index in [9.17, 15) is 4.79 Å². The molecule has 2 aromatic heterocycles. The topological polar surface area (TPSA) is 34.9 Å². The largest absolute Gasteiger partial charge is 0.290 e. The molecule has 0 N–H and O–H groups in total. The number of hydrogen-bond donors (Lipinski definition) is 0. The van der Waals surface area contributed by atoms with Gasteiger partial charge < -0.3 is 0 Å². The summed E-state index contributed by atoms with van der Waals surface area (Å²) in [6, 6.07) is 5.48. The van der Waals surface area contributed by atoms with E-state index in [1.807, 2.05) is 12.1 Å². The molecule has 25 heavy (non-hydrogen) atoms. The smallest absolute Gasteiger partial charge is 0.262 e. The molecule has 130 valence electrons. The summed E-state index contributed by atoms with van der Waals surface area (Å²) >= 11 is 15.4. The van der Waals surface area contributed by atoms with Gasteiger partial charge in [-0.3, -0.25) is 9.36 Å². The van der Waals surface area contributed by atoms with Gasteiger partial charge in [0.25, 0.3) is 5.56 Å². The molecule has 1 aliphatic rings. The number of thiophene rings is 1. The van der Waals surface area contributed by atoms with Crippen molar-refractivity contribution in [3.8, 4) is 0 Å². The van der Waals surface area contributed by atoms with Crippen molar-refractivity contribution in [1.29, 1.82) is 0 Å². The molecular formula is C18H16Cl2N2OS2. The van der Waals surface area contributed by atoms with Crippen molar-refractivity contribution in [1.82, 2.24) is 9.55 Å². The van der Waals surface area contributed by atoms with E-state index in [4.69, 9.17) is 28.2 Å². The minimum atomic E-state index is 0.0640. The molecule has 0 unspecified atom stereocenters.